The molecule has 1 aliphatic rings. The molecule has 4 nitrogen and oxygen atoms in total. The topological polar surface area (TPSA) is 28.6 Å². The van der Waals surface area contributed by atoms with Gasteiger partial charge in [0.1, 0.15) is 5.82 Å². The molecule has 2 heterocycles. The van der Waals surface area contributed by atoms with Crippen molar-refractivity contribution in [2.45, 2.75) is 6.42 Å². The van der Waals surface area contributed by atoms with E-state index < -0.39 is 0 Å². The number of aromatic nitrogens is 1. The van der Waals surface area contributed by atoms with E-state index in [0.717, 1.165) is 45.0 Å². The van der Waals surface area contributed by atoms with Gasteiger partial charge in [0.05, 0.1) is 7.11 Å². The lowest BCUT2D eigenvalue weighted by Gasteiger charge is -2.22. The van der Waals surface area contributed by atoms with Crippen LogP contribution in [-0.2, 0) is 0 Å². The average Bonchev–Trinajstić information content (AvgIpc) is 2.65. The van der Waals surface area contributed by atoms with E-state index in [1.165, 1.54) is 0 Å². The highest BCUT2D eigenvalue weighted by atomic mass is 35.5. The number of anilines is 1. The van der Waals surface area contributed by atoms with Gasteiger partial charge in [0, 0.05) is 38.1 Å². The lowest BCUT2D eigenvalue weighted by atomic mass is 10.3. The van der Waals surface area contributed by atoms with E-state index in [1.54, 1.807) is 7.11 Å². The van der Waals surface area contributed by atoms with E-state index in [4.69, 9.17) is 16.3 Å². The maximum absolute atomic E-state index is 5.80. The summed E-state index contributed by atoms with van der Waals surface area (Å²) < 4.78 is 5.17. The van der Waals surface area contributed by atoms with Crippen molar-refractivity contribution in [3.05, 3.63) is 18.2 Å². The predicted molar refractivity (Wildman–Crippen MR) is 74.8 cm³/mol. The van der Waals surface area contributed by atoms with Gasteiger partial charge in [-0.1, -0.05) is 6.07 Å². The molecule has 1 aromatic heterocycles. The van der Waals surface area contributed by atoms with E-state index in [1.807, 2.05) is 18.2 Å². The molecular formula is C13H20ClN3O. The van der Waals surface area contributed by atoms with Crippen molar-refractivity contribution in [3.8, 4) is 5.88 Å². The molecule has 0 bridgehead atoms. The molecule has 2 rings (SSSR count). The van der Waals surface area contributed by atoms with Crippen molar-refractivity contribution in [2.24, 2.45) is 0 Å². The van der Waals surface area contributed by atoms with E-state index in [2.05, 4.69) is 14.8 Å². The Balaban J connectivity index is 2.00. The van der Waals surface area contributed by atoms with Crippen molar-refractivity contribution in [1.82, 2.24) is 9.88 Å². The summed E-state index contributed by atoms with van der Waals surface area (Å²) in [5.41, 5.74) is 0. The average molecular weight is 270 g/mol. The monoisotopic (exact) mass is 269 g/mol. The molecule has 100 valence electrons. The van der Waals surface area contributed by atoms with E-state index in [9.17, 15) is 0 Å². The van der Waals surface area contributed by atoms with Crippen LogP contribution in [0.5, 0.6) is 5.88 Å². The molecule has 0 aliphatic carbocycles. The lowest BCUT2D eigenvalue weighted by Crippen LogP contribution is -2.32. The Morgan fingerprint density at radius 2 is 2.17 bits per heavy atom. The van der Waals surface area contributed by atoms with Crippen molar-refractivity contribution in [1.29, 1.82) is 0 Å². The zero-order chi connectivity index (χ0) is 12.8. The zero-order valence-corrected chi connectivity index (χ0v) is 11.6. The molecule has 0 saturated carbocycles. The molecule has 1 fully saturated rings. The largest absolute Gasteiger partial charge is 0.481 e. The van der Waals surface area contributed by atoms with Crippen molar-refractivity contribution in [2.75, 3.05) is 50.6 Å². The van der Waals surface area contributed by atoms with Crippen LogP contribution in [0, 0.1) is 0 Å². The van der Waals surface area contributed by atoms with Crippen LogP contribution >= 0.6 is 11.6 Å². The van der Waals surface area contributed by atoms with Gasteiger partial charge in [-0.3, -0.25) is 0 Å². The third-order valence-electron chi connectivity index (χ3n) is 3.23. The van der Waals surface area contributed by atoms with Gasteiger partial charge >= 0.3 is 0 Å². The number of hydrogen-bond donors (Lipinski definition) is 0. The van der Waals surface area contributed by atoms with E-state index in [0.29, 0.717) is 11.8 Å². The number of alkyl halides is 1. The molecule has 0 unspecified atom stereocenters. The fourth-order valence-electron chi connectivity index (χ4n) is 2.24. The SMILES string of the molecule is COc1cccc(N2CCCN(CCCl)CC2)n1. The fraction of sp³-hybridized carbons (Fsp3) is 0.615. The fourth-order valence-corrected chi connectivity index (χ4v) is 2.48. The summed E-state index contributed by atoms with van der Waals surface area (Å²) in [4.78, 5) is 9.21. The molecule has 18 heavy (non-hydrogen) atoms. The van der Waals surface area contributed by atoms with Crippen molar-refractivity contribution in [3.63, 3.8) is 0 Å². The van der Waals surface area contributed by atoms with Gasteiger partial charge in [0.15, 0.2) is 0 Å². The molecule has 0 aromatic carbocycles. The van der Waals surface area contributed by atoms with Crippen LogP contribution in [0.3, 0.4) is 0 Å². The summed E-state index contributed by atoms with van der Waals surface area (Å²) in [7, 11) is 1.65. The quantitative estimate of drug-likeness (QED) is 0.780. The second-order valence-electron chi connectivity index (χ2n) is 4.41. The number of methoxy groups -OCH3 is 1. The highest BCUT2D eigenvalue weighted by molar-refractivity contribution is 6.18. The summed E-state index contributed by atoms with van der Waals surface area (Å²) >= 11 is 5.80. The lowest BCUT2D eigenvalue weighted by molar-refractivity contribution is 0.311. The molecule has 0 radical (unpaired) electrons. The Kier molecular flexibility index (Phi) is 5.08. The minimum atomic E-state index is 0.675. The molecule has 0 atom stereocenters. The highest BCUT2D eigenvalue weighted by Gasteiger charge is 2.15. The summed E-state index contributed by atoms with van der Waals surface area (Å²) in [6, 6.07) is 5.91. The molecular weight excluding hydrogens is 250 g/mol. The zero-order valence-electron chi connectivity index (χ0n) is 10.8. The molecule has 1 saturated heterocycles. The summed E-state index contributed by atoms with van der Waals surface area (Å²) in [5, 5.41) is 0. The molecule has 0 spiro atoms. The first kappa shape index (κ1) is 13.4. The van der Waals surface area contributed by atoms with Gasteiger partial charge < -0.3 is 14.5 Å². The molecule has 0 amide bonds. The number of nitrogens with zero attached hydrogens (tertiary/aromatic N) is 3. The van der Waals surface area contributed by atoms with Gasteiger partial charge in [0.25, 0.3) is 0 Å². The van der Waals surface area contributed by atoms with Crippen LogP contribution in [0.2, 0.25) is 0 Å². The van der Waals surface area contributed by atoms with Gasteiger partial charge in [-0.05, 0) is 19.0 Å². The van der Waals surface area contributed by atoms with Gasteiger partial charge in [-0.25, -0.2) is 0 Å². The van der Waals surface area contributed by atoms with Gasteiger partial charge in [-0.2, -0.15) is 4.98 Å². The normalized spacial score (nSPS) is 17.6. The van der Waals surface area contributed by atoms with Gasteiger partial charge in [-0.15, -0.1) is 11.6 Å². The minimum absolute atomic E-state index is 0.675. The van der Waals surface area contributed by atoms with Crippen LogP contribution < -0.4 is 9.64 Å². The minimum Gasteiger partial charge on any atom is -0.481 e. The van der Waals surface area contributed by atoms with Crippen molar-refractivity contribution >= 4 is 17.4 Å². The number of hydrogen-bond acceptors (Lipinski definition) is 4. The first-order chi connectivity index (χ1) is 8.83. The number of rotatable bonds is 4. The van der Waals surface area contributed by atoms with Crippen LogP contribution in [0.25, 0.3) is 0 Å². The first-order valence-corrected chi connectivity index (χ1v) is 6.91. The van der Waals surface area contributed by atoms with Crippen LogP contribution in [0.1, 0.15) is 6.42 Å². The molecule has 0 N–H and O–H groups in total. The maximum atomic E-state index is 5.80. The Morgan fingerprint density at radius 3 is 2.94 bits per heavy atom. The molecule has 1 aliphatic heterocycles. The Labute approximate surface area is 114 Å². The summed E-state index contributed by atoms with van der Waals surface area (Å²) in [6.45, 7) is 5.18. The van der Waals surface area contributed by atoms with Crippen LogP contribution in [-0.4, -0.2) is 55.6 Å². The van der Waals surface area contributed by atoms with Crippen LogP contribution in [0.15, 0.2) is 18.2 Å². The Bertz CT molecular complexity index is 375. The highest BCUT2D eigenvalue weighted by Crippen LogP contribution is 2.17. The number of halogens is 1. The van der Waals surface area contributed by atoms with E-state index in [-0.39, 0.29) is 0 Å². The number of pyridine rings is 1. The molecule has 5 heteroatoms. The Morgan fingerprint density at radius 1 is 1.28 bits per heavy atom. The van der Waals surface area contributed by atoms with Crippen molar-refractivity contribution < 1.29 is 4.74 Å². The third-order valence-corrected chi connectivity index (χ3v) is 3.40. The van der Waals surface area contributed by atoms with Crippen LogP contribution in [0.4, 0.5) is 5.82 Å². The smallest absolute Gasteiger partial charge is 0.214 e. The predicted octanol–water partition coefficient (Wildman–Crippen LogP) is 1.84. The third kappa shape index (κ3) is 3.50. The second-order valence-corrected chi connectivity index (χ2v) is 4.79. The summed E-state index contributed by atoms with van der Waals surface area (Å²) in [6.07, 6.45) is 1.15. The molecule has 1 aromatic rings. The Hall–Kier alpha value is -1.00. The first-order valence-electron chi connectivity index (χ1n) is 6.38. The second kappa shape index (κ2) is 6.81. The number of ether oxygens (including phenoxy) is 1. The maximum Gasteiger partial charge on any atom is 0.214 e. The summed E-state index contributed by atoms with van der Waals surface area (Å²) in [5.74, 6) is 2.38. The van der Waals surface area contributed by atoms with E-state index >= 15 is 0 Å². The van der Waals surface area contributed by atoms with Gasteiger partial charge in [0.2, 0.25) is 5.88 Å². The standard InChI is InChI=1S/C13H20ClN3O/c1-18-13-5-2-4-12(15-13)17-8-3-7-16(9-6-14)10-11-17/h2,4-5H,3,6-11H2,1H3.